The lowest BCUT2D eigenvalue weighted by Gasteiger charge is -2.17. The van der Waals surface area contributed by atoms with Gasteiger partial charge in [0.15, 0.2) is 4.67 Å². The lowest BCUT2D eigenvalue weighted by molar-refractivity contribution is -0.138. The fraction of sp³-hybridized carbons (Fsp3) is 0.500. The number of halogens is 1. The van der Waals surface area contributed by atoms with Crippen LogP contribution in [0.15, 0.2) is 21.2 Å². The molecule has 18 heavy (non-hydrogen) atoms. The number of nitrogens with zero attached hydrogens (tertiary/aromatic N) is 1. The number of carboxylic acid groups (broad SMARTS) is 1. The second kappa shape index (κ2) is 6.58. The van der Waals surface area contributed by atoms with Gasteiger partial charge in [0.05, 0.1) is 6.54 Å². The Labute approximate surface area is 114 Å². The molecule has 0 aliphatic carbocycles. The molecule has 0 saturated heterocycles. The SMILES string of the molecule is CC(CC(=O)O)CC(=O)N(C)Cc1ccc(Br)o1. The predicted octanol–water partition coefficient (Wildman–Crippen LogP) is 2.50. The first-order valence-corrected chi connectivity index (χ1v) is 6.37. The van der Waals surface area contributed by atoms with Crippen LogP contribution in [-0.4, -0.2) is 28.9 Å². The van der Waals surface area contributed by atoms with Crippen LogP contribution in [-0.2, 0) is 16.1 Å². The van der Waals surface area contributed by atoms with Crippen LogP contribution in [0.3, 0.4) is 0 Å². The van der Waals surface area contributed by atoms with Gasteiger partial charge >= 0.3 is 5.97 Å². The maximum Gasteiger partial charge on any atom is 0.303 e. The minimum atomic E-state index is -0.882. The van der Waals surface area contributed by atoms with Crippen molar-refractivity contribution in [2.24, 2.45) is 5.92 Å². The highest BCUT2D eigenvalue weighted by molar-refractivity contribution is 9.10. The van der Waals surface area contributed by atoms with E-state index in [-0.39, 0.29) is 24.7 Å². The molecule has 0 fully saturated rings. The maximum absolute atomic E-state index is 11.8. The summed E-state index contributed by atoms with van der Waals surface area (Å²) in [5.41, 5.74) is 0. The quantitative estimate of drug-likeness (QED) is 0.875. The zero-order valence-electron chi connectivity index (χ0n) is 10.4. The highest BCUT2D eigenvalue weighted by atomic mass is 79.9. The van der Waals surface area contributed by atoms with Crippen molar-refractivity contribution in [2.75, 3.05) is 7.05 Å². The predicted molar refractivity (Wildman–Crippen MR) is 68.9 cm³/mol. The van der Waals surface area contributed by atoms with Crippen LogP contribution in [0.4, 0.5) is 0 Å². The van der Waals surface area contributed by atoms with Gasteiger partial charge in [0, 0.05) is 19.9 Å². The number of carboxylic acids is 1. The third-order valence-corrected chi connectivity index (χ3v) is 2.92. The molecule has 1 atom stereocenters. The van der Waals surface area contributed by atoms with E-state index in [1.165, 1.54) is 4.90 Å². The number of carbonyl (C=O) groups excluding carboxylic acids is 1. The molecule has 1 N–H and O–H groups in total. The van der Waals surface area contributed by atoms with Crippen molar-refractivity contribution in [1.29, 1.82) is 0 Å². The highest BCUT2D eigenvalue weighted by Crippen LogP contribution is 2.16. The van der Waals surface area contributed by atoms with Crippen LogP contribution in [0.5, 0.6) is 0 Å². The molecular weight excluding hydrogens is 302 g/mol. The Morgan fingerprint density at radius 3 is 2.61 bits per heavy atom. The molecule has 1 unspecified atom stereocenters. The Morgan fingerprint density at radius 2 is 2.11 bits per heavy atom. The molecule has 100 valence electrons. The topological polar surface area (TPSA) is 70.8 Å². The zero-order chi connectivity index (χ0) is 13.7. The fourth-order valence-electron chi connectivity index (χ4n) is 1.58. The molecule has 6 heteroatoms. The van der Waals surface area contributed by atoms with E-state index in [9.17, 15) is 9.59 Å². The summed E-state index contributed by atoms with van der Waals surface area (Å²) in [6.45, 7) is 2.13. The molecule has 0 spiro atoms. The third kappa shape index (κ3) is 4.91. The van der Waals surface area contributed by atoms with Crippen molar-refractivity contribution in [3.05, 3.63) is 22.6 Å². The number of aliphatic carboxylic acids is 1. The first-order valence-electron chi connectivity index (χ1n) is 5.58. The Kier molecular flexibility index (Phi) is 5.40. The van der Waals surface area contributed by atoms with Crippen molar-refractivity contribution < 1.29 is 19.1 Å². The van der Waals surface area contributed by atoms with Crippen LogP contribution in [0.2, 0.25) is 0 Å². The van der Waals surface area contributed by atoms with Crippen LogP contribution < -0.4 is 0 Å². The molecule has 0 aromatic carbocycles. The number of amides is 1. The second-order valence-electron chi connectivity index (χ2n) is 4.36. The first-order chi connectivity index (χ1) is 8.38. The average molecular weight is 318 g/mol. The molecule has 1 rings (SSSR count). The fourth-order valence-corrected chi connectivity index (χ4v) is 1.92. The molecule has 0 aliphatic heterocycles. The van der Waals surface area contributed by atoms with Gasteiger partial charge in [-0.3, -0.25) is 9.59 Å². The summed E-state index contributed by atoms with van der Waals surface area (Å²) in [6.07, 6.45) is 0.233. The minimum absolute atomic E-state index is 0.00583. The standard InChI is InChI=1S/C12H16BrNO4/c1-8(6-12(16)17)5-11(15)14(2)7-9-3-4-10(13)18-9/h3-4,8H,5-7H2,1-2H3,(H,16,17). The molecule has 1 heterocycles. The third-order valence-electron chi connectivity index (χ3n) is 2.49. The van der Waals surface area contributed by atoms with E-state index in [2.05, 4.69) is 15.9 Å². The van der Waals surface area contributed by atoms with Crippen molar-refractivity contribution in [2.45, 2.75) is 26.3 Å². The van der Waals surface area contributed by atoms with Gasteiger partial charge in [-0.25, -0.2) is 0 Å². The van der Waals surface area contributed by atoms with Gasteiger partial charge in [0.25, 0.3) is 0 Å². The van der Waals surface area contributed by atoms with Crippen molar-refractivity contribution in [3.63, 3.8) is 0 Å². The lowest BCUT2D eigenvalue weighted by Crippen LogP contribution is -2.27. The molecule has 1 aromatic rings. The summed E-state index contributed by atoms with van der Waals surface area (Å²) in [4.78, 5) is 23.9. The maximum atomic E-state index is 11.8. The summed E-state index contributed by atoms with van der Waals surface area (Å²) in [5, 5.41) is 8.63. The number of furan rings is 1. The van der Waals surface area contributed by atoms with Crippen LogP contribution >= 0.6 is 15.9 Å². The molecule has 1 amide bonds. The van der Waals surface area contributed by atoms with E-state index in [4.69, 9.17) is 9.52 Å². The van der Waals surface area contributed by atoms with Gasteiger partial charge in [0.1, 0.15) is 5.76 Å². The van der Waals surface area contributed by atoms with E-state index in [1.54, 1.807) is 26.1 Å². The Hall–Kier alpha value is -1.30. The summed E-state index contributed by atoms with van der Waals surface area (Å²) >= 11 is 3.19. The van der Waals surface area contributed by atoms with Crippen molar-refractivity contribution >= 4 is 27.8 Å². The molecule has 0 aliphatic rings. The molecule has 0 saturated carbocycles. The molecule has 1 aromatic heterocycles. The largest absolute Gasteiger partial charge is 0.481 e. The normalized spacial score (nSPS) is 12.2. The van der Waals surface area contributed by atoms with E-state index in [0.717, 1.165) is 0 Å². The summed E-state index contributed by atoms with van der Waals surface area (Å²) in [7, 11) is 1.67. The number of rotatable bonds is 6. The number of hydrogen-bond acceptors (Lipinski definition) is 3. The Morgan fingerprint density at radius 1 is 1.44 bits per heavy atom. The first kappa shape index (κ1) is 14.8. The summed E-state index contributed by atoms with van der Waals surface area (Å²) in [6, 6.07) is 3.55. The van der Waals surface area contributed by atoms with Crippen molar-refractivity contribution in [3.8, 4) is 0 Å². The Balaban J connectivity index is 2.44. The van der Waals surface area contributed by atoms with E-state index < -0.39 is 5.97 Å². The van der Waals surface area contributed by atoms with Crippen LogP contribution in [0, 0.1) is 5.92 Å². The number of hydrogen-bond donors (Lipinski definition) is 1. The van der Waals surface area contributed by atoms with E-state index >= 15 is 0 Å². The second-order valence-corrected chi connectivity index (χ2v) is 5.14. The van der Waals surface area contributed by atoms with Crippen LogP contribution in [0.1, 0.15) is 25.5 Å². The number of carbonyl (C=O) groups is 2. The smallest absolute Gasteiger partial charge is 0.303 e. The van der Waals surface area contributed by atoms with Gasteiger partial charge in [-0.1, -0.05) is 6.92 Å². The Bertz CT molecular complexity index is 429. The van der Waals surface area contributed by atoms with E-state index in [0.29, 0.717) is 17.0 Å². The van der Waals surface area contributed by atoms with Gasteiger partial charge in [0.2, 0.25) is 5.91 Å². The average Bonchev–Trinajstić information content (AvgIpc) is 2.62. The molecule has 5 nitrogen and oxygen atoms in total. The summed E-state index contributed by atoms with van der Waals surface area (Å²) in [5.74, 6) is -0.450. The zero-order valence-corrected chi connectivity index (χ0v) is 11.9. The molecular formula is C12H16BrNO4. The van der Waals surface area contributed by atoms with Gasteiger partial charge in [-0.2, -0.15) is 0 Å². The van der Waals surface area contributed by atoms with Crippen molar-refractivity contribution in [1.82, 2.24) is 4.90 Å². The van der Waals surface area contributed by atoms with Gasteiger partial charge in [-0.05, 0) is 34.0 Å². The van der Waals surface area contributed by atoms with Gasteiger partial charge < -0.3 is 14.4 Å². The minimum Gasteiger partial charge on any atom is -0.481 e. The monoisotopic (exact) mass is 317 g/mol. The van der Waals surface area contributed by atoms with E-state index in [1.807, 2.05) is 0 Å². The lowest BCUT2D eigenvalue weighted by atomic mass is 10.0. The molecule has 0 bridgehead atoms. The van der Waals surface area contributed by atoms with Gasteiger partial charge in [-0.15, -0.1) is 0 Å². The molecule has 0 radical (unpaired) electrons. The summed E-state index contributed by atoms with van der Waals surface area (Å²) < 4.78 is 5.93. The highest BCUT2D eigenvalue weighted by Gasteiger charge is 2.16. The van der Waals surface area contributed by atoms with Crippen LogP contribution in [0.25, 0.3) is 0 Å².